The van der Waals surface area contributed by atoms with Crippen LogP contribution in [0.5, 0.6) is 0 Å². The van der Waals surface area contributed by atoms with E-state index in [4.69, 9.17) is 0 Å². The summed E-state index contributed by atoms with van der Waals surface area (Å²) in [6.45, 7) is 3.35. The lowest BCUT2D eigenvalue weighted by molar-refractivity contribution is -0.122. The summed E-state index contributed by atoms with van der Waals surface area (Å²) >= 11 is 0. The Morgan fingerprint density at radius 3 is 2.50 bits per heavy atom. The zero-order valence-corrected chi connectivity index (χ0v) is 17.4. The number of nitrogens with zero attached hydrogens (tertiary/aromatic N) is 3. The number of amides is 1. The normalized spacial score (nSPS) is 14.7. The van der Waals surface area contributed by atoms with Crippen LogP contribution in [0.3, 0.4) is 0 Å². The van der Waals surface area contributed by atoms with Crippen LogP contribution in [0.2, 0.25) is 0 Å². The van der Waals surface area contributed by atoms with Gasteiger partial charge >= 0.3 is 5.69 Å². The molecule has 1 N–H and O–H groups in total. The molecule has 2 aromatic heterocycles. The minimum atomic E-state index is -0.560. The average Bonchev–Trinajstić information content (AvgIpc) is 2.72. The Morgan fingerprint density at radius 2 is 1.80 bits per heavy atom. The molecule has 0 atom stereocenters. The molecule has 0 aliphatic heterocycles. The molecule has 0 radical (unpaired) electrons. The van der Waals surface area contributed by atoms with Crippen LogP contribution in [0.1, 0.15) is 43.4 Å². The molecule has 1 aliphatic rings. The smallest absolute Gasteiger partial charge is 0.337 e. The van der Waals surface area contributed by atoms with E-state index < -0.39 is 11.2 Å². The van der Waals surface area contributed by atoms with E-state index in [9.17, 15) is 14.4 Å². The molecule has 1 saturated carbocycles. The highest BCUT2D eigenvalue weighted by molar-refractivity contribution is 5.81. The van der Waals surface area contributed by atoms with Gasteiger partial charge in [0.1, 0.15) is 6.54 Å². The Labute approximate surface area is 174 Å². The van der Waals surface area contributed by atoms with E-state index in [-0.39, 0.29) is 18.5 Å². The number of aromatic nitrogens is 3. The van der Waals surface area contributed by atoms with E-state index in [1.807, 2.05) is 38.1 Å². The molecule has 1 fully saturated rings. The SMILES string of the molecule is Cc1cc(C)c2c(=O)n(CC(=O)NC3CCCCC3)c(=O)n(-c3ccccc3)c2n1. The van der Waals surface area contributed by atoms with Crippen molar-refractivity contribution in [2.75, 3.05) is 0 Å². The maximum absolute atomic E-state index is 13.4. The fourth-order valence-electron chi connectivity index (χ4n) is 4.29. The number of aryl methyl sites for hydroxylation is 2. The third kappa shape index (κ3) is 3.79. The van der Waals surface area contributed by atoms with Gasteiger partial charge in [0.25, 0.3) is 5.56 Å². The van der Waals surface area contributed by atoms with Gasteiger partial charge in [-0.3, -0.25) is 9.59 Å². The van der Waals surface area contributed by atoms with Crippen molar-refractivity contribution >= 4 is 16.9 Å². The zero-order valence-electron chi connectivity index (χ0n) is 17.4. The summed E-state index contributed by atoms with van der Waals surface area (Å²) in [6, 6.07) is 11.0. The van der Waals surface area contributed by atoms with E-state index >= 15 is 0 Å². The first-order valence-electron chi connectivity index (χ1n) is 10.4. The summed E-state index contributed by atoms with van der Waals surface area (Å²) < 4.78 is 2.45. The number of nitrogens with one attached hydrogen (secondary N) is 1. The largest absolute Gasteiger partial charge is 0.352 e. The predicted octanol–water partition coefficient (Wildman–Crippen LogP) is 2.61. The summed E-state index contributed by atoms with van der Waals surface area (Å²) in [6.07, 6.45) is 5.24. The molecule has 30 heavy (non-hydrogen) atoms. The van der Waals surface area contributed by atoms with E-state index in [1.165, 1.54) is 11.0 Å². The maximum Gasteiger partial charge on any atom is 0.337 e. The molecule has 7 nitrogen and oxygen atoms in total. The van der Waals surface area contributed by atoms with Crippen molar-refractivity contribution in [3.8, 4) is 5.69 Å². The molecule has 0 saturated heterocycles. The van der Waals surface area contributed by atoms with Gasteiger partial charge in [-0.05, 0) is 50.5 Å². The molecule has 7 heteroatoms. The minimum Gasteiger partial charge on any atom is -0.352 e. The Hall–Kier alpha value is -3.22. The molecule has 3 aromatic rings. The number of fused-ring (bicyclic) bond motifs is 1. The van der Waals surface area contributed by atoms with Gasteiger partial charge < -0.3 is 5.32 Å². The highest BCUT2D eigenvalue weighted by atomic mass is 16.2. The topological polar surface area (TPSA) is 86.0 Å². The van der Waals surface area contributed by atoms with E-state index in [0.29, 0.717) is 16.7 Å². The van der Waals surface area contributed by atoms with Crippen LogP contribution in [0.4, 0.5) is 0 Å². The maximum atomic E-state index is 13.4. The monoisotopic (exact) mass is 406 g/mol. The minimum absolute atomic E-state index is 0.116. The van der Waals surface area contributed by atoms with E-state index in [0.717, 1.165) is 41.5 Å². The molecule has 2 heterocycles. The van der Waals surface area contributed by atoms with Gasteiger partial charge in [-0.25, -0.2) is 18.9 Å². The first kappa shape index (κ1) is 20.1. The standard InChI is InChI=1S/C23H26N4O3/c1-15-13-16(2)24-21-20(15)22(29)26(14-19(28)25-17-9-5-3-6-10-17)23(30)27(21)18-11-7-4-8-12-18/h4,7-8,11-13,17H,3,5-6,9-10,14H2,1-2H3,(H,25,28). The van der Waals surface area contributed by atoms with Crippen LogP contribution >= 0.6 is 0 Å². The van der Waals surface area contributed by atoms with Gasteiger partial charge in [0.05, 0.1) is 11.1 Å². The second-order valence-corrected chi connectivity index (χ2v) is 8.03. The lowest BCUT2D eigenvalue weighted by Crippen LogP contribution is -2.46. The second-order valence-electron chi connectivity index (χ2n) is 8.03. The number of rotatable bonds is 4. The summed E-state index contributed by atoms with van der Waals surface area (Å²) in [5.41, 5.74) is 1.33. The van der Waals surface area contributed by atoms with Gasteiger partial charge in [-0.15, -0.1) is 0 Å². The molecular formula is C23H26N4O3. The quantitative estimate of drug-likeness (QED) is 0.722. The number of benzene rings is 1. The van der Waals surface area contributed by atoms with Gasteiger partial charge in [0.2, 0.25) is 5.91 Å². The molecule has 156 valence electrons. The van der Waals surface area contributed by atoms with Crippen molar-refractivity contribution in [2.24, 2.45) is 0 Å². The van der Waals surface area contributed by atoms with Crippen LogP contribution in [-0.4, -0.2) is 26.1 Å². The number of para-hydroxylation sites is 1. The van der Waals surface area contributed by atoms with Crippen LogP contribution in [0, 0.1) is 13.8 Å². The lowest BCUT2D eigenvalue weighted by Gasteiger charge is -2.23. The fourth-order valence-corrected chi connectivity index (χ4v) is 4.29. The molecule has 1 amide bonds. The van der Waals surface area contributed by atoms with Crippen LogP contribution in [0.15, 0.2) is 46.0 Å². The summed E-state index contributed by atoms with van der Waals surface area (Å²) in [5, 5.41) is 3.35. The Morgan fingerprint density at radius 1 is 1.10 bits per heavy atom. The Kier molecular flexibility index (Phi) is 5.53. The highest BCUT2D eigenvalue weighted by Gasteiger charge is 2.21. The van der Waals surface area contributed by atoms with E-state index in [1.54, 1.807) is 12.1 Å². The number of hydrogen-bond donors (Lipinski definition) is 1. The zero-order chi connectivity index (χ0) is 21.3. The summed E-state index contributed by atoms with van der Waals surface area (Å²) in [4.78, 5) is 43.8. The molecular weight excluding hydrogens is 380 g/mol. The third-order valence-corrected chi connectivity index (χ3v) is 5.71. The highest BCUT2D eigenvalue weighted by Crippen LogP contribution is 2.18. The van der Waals surface area contributed by atoms with Crippen molar-refractivity contribution in [1.29, 1.82) is 0 Å². The van der Waals surface area contributed by atoms with Crippen molar-refractivity contribution in [1.82, 2.24) is 19.4 Å². The molecule has 4 rings (SSSR count). The van der Waals surface area contributed by atoms with Gasteiger partial charge in [-0.2, -0.15) is 0 Å². The molecule has 0 bridgehead atoms. The molecule has 0 unspecified atom stereocenters. The van der Waals surface area contributed by atoms with Crippen LogP contribution < -0.4 is 16.6 Å². The van der Waals surface area contributed by atoms with Gasteiger partial charge in [-0.1, -0.05) is 37.5 Å². The second kappa shape index (κ2) is 8.26. The average molecular weight is 406 g/mol. The molecule has 1 aromatic carbocycles. The van der Waals surface area contributed by atoms with Crippen molar-refractivity contribution in [3.05, 3.63) is 68.5 Å². The number of carbonyl (C=O) groups is 1. The lowest BCUT2D eigenvalue weighted by atomic mass is 9.95. The van der Waals surface area contributed by atoms with Gasteiger partial charge in [0, 0.05) is 11.7 Å². The van der Waals surface area contributed by atoms with Crippen molar-refractivity contribution in [2.45, 2.75) is 58.5 Å². The van der Waals surface area contributed by atoms with Crippen molar-refractivity contribution in [3.63, 3.8) is 0 Å². The number of hydrogen-bond acceptors (Lipinski definition) is 4. The fraction of sp³-hybridized carbons (Fsp3) is 0.391. The van der Waals surface area contributed by atoms with Gasteiger partial charge in [0.15, 0.2) is 5.65 Å². The van der Waals surface area contributed by atoms with E-state index in [2.05, 4.69) is 10.3 Å². The first-order chi connectivity index (χ1) is 14.5. The van der Waals surface area contributed by atoms with Crippen molar-refractivity contribution < 1.29 is 4.79 Å². The predicted molar refractivity (Wildman–Crippen MR) is 116 cm³/mol. The Bertz CT molecular complexity index is 1210. The number of pyridine rings is 1. The third-order valence-electron chi connectivity index (χ3n) is 5.71. The summed E-state index contributed by atoms with van der Waals surface area (Å²) in [7, 11) is 0. The molecule has 1 aliphatic carbocycles. The van der Waals surface area contributed by atoms with Crippen LogP contribution in [-0.2, 0) is 11.3 Å². The summed E-state index contributed by atoms with van der Waals surface area (Å²) in [5.74, 6) is -0.308. The number of carbonyl (C=O) groups excluding carboxylic acids is 1. The van der Waals surface area contributed by atoms with Crippen LogP contribution in [0.25, 0.3) is 16.7 Å². The first-order valence-corrected chi connectivity index (χ1v) is 10.4. The molecule has 0 spiro atoms. The Balaban J connectivity index is 1.85.